The number of aromatic nitrogens is 3. The van der Waals surface area contributed by atoms with E-state index in [1.54, 1.807) is 11.8 Å². The standard InChI is InChI=1S/C21H22N4O3/c1-4-21-12-9-15-16(17(21)18(11(12)10-28-15)24(2)20(21)26)19(27-3)25-14-8-6-5-7-13(14)22-23-25/h4-8,11-12,15,17-18H,1,9-10H2,2-3H3/b19-16+/t11-,12+,15+,17-,18+,21-/m0/s1. The Balaban J connectivity index is 1.64. The first kappa shape index (κ1) is 16.3. The number of nitrogens with zero attached hydrogens (tertiary/aromatic N) is 4. The Morgan fingerprint density at radius 2 is 2.25 bits per heavy atom. The lowest BCUT2D eigenvalue weighted by Crippen LogP contribution is -2.54. The van der Waals surface area contributed by atoms with E-state index in [0.717, 1.165) is 23.0 Å². The van der Waals surface area contributed by atoms with E-state index in [-0.39, 0.29) is 29.9 Å². The van der Waals surface area contributed by atoms with Crippen molar-refractivity contribution in [1.82, 2.24) is 19.9 Å². The van der Waals surface area contributed by atoms with Crippen molar-refractivity contribution in [1.29, 1.82) is 0 Å². The normalized spacial score (nSPS) is 39.7. The first-order valence-electron chi connectivity index (χ1n) is 9.74. The second-order valence-corrected chi connectivity index (χ2v) is 8.30. The highest BCUT2D eigenvalue weighted by Crippen LogP contribution is 2.69. The highest BCUT2D eigenvalue weighted by molar-refractivity contribution is 5.91. The molecule has 2 aromatic rings. The third kappa shape index (κ3) is 1.60. The fraction of sp³-hybridized carbons (Fsp3) is 0.476. The summed E-state index contributed by atoms with van der Waals surface area (Å²) in [6.45, 7) is 4.78. The van der Waals surface area contributed by atoms with E-state index in [1.165, 1.54) is 0 Å². The minimum Gasteiger partial charge on any atom is -0.481 e. The molecule has 0 unspecified atom stereocenters. The zero-order valence-electron chi connectivity index (χ0n) is 15.9. The Labute approximate surface area is 162 Å². The van der Waals surface area contributed by atoms with Crippen molar-refractivity contribution < 1.29 is 14.3 Å². The molecule has 2 saturated heterocycles. The van der Waals surface area contributed by atoms with Crippen LogP contribution in [0.3, 0.4) is 0 Å². The van der Waals surface area contributed by atoms with Crippen LogP contribution in [0.15, 0.2) is 42.5 Å². The summed E-state index contributed by atoms with van der Waals surface area (Å²) in [4.78, 5) is 15.2. The number of para-hydroxylation sites is 1. The fourth-order valence-electron chi connectivity index (χ4n) is 6.55. The molecule has 1 aromatic carbocycles. The largest absolute Gasteiger partial charge is 0.481 e. The number of benzene rings is 1. The van der Waals surface area contributed by atoms with Gasteiger partial charge in [0.1, 0.15) is 5.52 Å². The van der Waals surface area contributed by atoms with Gasteiger partial charge in [-0.1, -0.05) is 23.4 Å². The number of piperidine rings is 1. The molecular formula is C21H22N4O3. The Bertz CT molecular complexity index is 1060. The summed E-state index contributed by atoms with van der Waals surface area (Å²) in [6.07, 6.45) is 2.65. The minimum absolute atomic E-state index is 0.00309. The van der Waals surface area contributed by atoms with Crippen molar-refractivity contribution in [2.45, 2.75) is 18.6 Å². The van der Waals surface area contributed by atoms with Crippen LogP contribution in [0.25, 0.3) is 16.9 Å². The van der Waals surface area contributed by atoms with Crippen molar-refractivity contribution >= 4 is 22.8 Å². The quantitative estimate of drug-likeness (QED) is 0.603. The zero-order valence-corrected chi connectivity index (χ0v) is 15.9. The molecule has 1 aromatic heterocycles. The summed E-state index contributed by atoms with van der Waals surface area (Å²) < 4.78 is 13.9. The zero-order chi connectivity index (χ0) is 19.2. The molecule has 4 aliphatic rings. The van der Waals surface area contributed by atoms with Crippen molar-refractivity contribution in [3.8, 4) is 0 Å². The van der Waals surface area contributed by atoms with Gasteiger partial charge < -0.3 is 14.4 Å². The third-order valence-corrected chi connectivity index (χ3v) is 7.53. The van der Waals surface area contributed by atoms with Crippen LogP contribution in [0.2, 0.25) is 0 Å². The van der Waals surface area contributed by atoms with Gasteiger partial charge in [-0.05, 0) is 24.5 Å². The second kappa shape index (κ2) is 5.23. The molecule has 7 nitrogen and oxygen atoms in total. The van der Waals surface area contributed by atoms with Crippen LogP contribution in [-0.2, 0) is 14.3 Å². The molecule has 0 N–H and O–H groups in total. The molecule has 0 radical (unpaired) electrons. The highest BCUT2D eigenvalue weighted by atomic mass is 16.5. The smallest absolute Gasteiger partial charge is 0.233 e. The van der Waals surface area contributed by atoms with Gasteiger partial charge in [0.2, 0.25) is 11.8 Å². The molecule has 6 atom stereocenters. The molecule has 6 rings (SSSR count). The monoisotopic (exact) mass is 378 g/mol. The summed E-state index contributed by atoms with van der Waals surface area (Å²) in [5.74, 6) is 1.43. The van der Waals surface area contributed by atoms with Crippen LogP contribution in [-0.4, -0.2) is 58.7 Å². The number of hydrogen-bond acceptors (Lipinski definition) is 5. The van der Waals surface area contributed by atoms with Crippen LogP contribution < -0.4 is 0 Å². The van der Waals surface area contributed by atoms with Gasteiger partial charge in [0.25, 0.3) is 0 Å². The number of rotatable bonds is 3. The van der Waals surface area contributed by atoms with Crippen LogP contribution in [0, 0.1) is 23.2 Å². The third-order valence-electron chi connectivity index (χ3n) is 7.53. The van der Waals surface area contributed by atoms with E-state index in [0.29, 0.717) is 18.4 Å². The predicted molar refractivity (Wildman–Crippen MR) is 102 cm³/mol. The molecule has 4 fully saturated rings. The van der Waals surface area contributed by atoms with Crippen molar-refractivity contribution in [3.05, 3.63) is 42.5 Å². The van der Waals surface area contributed by atoms with Gasteiger partial charge in [-0.2, -0.15) is 4.68 Å². The number of amides is 1. The van der Waals surface area contributed by atoms with Crippen molar-refractivity contribution in [2.24, 2.45) is 23.2 Å². The summed E-state index contributed by atoms with van der Waals surface area (Å²) in [7, 11) is 3.56. The Morgan fingerprint density at radius 1 is 1.43 bits per heavy atom. The van der Waals surface area contributed by atoms with E-state index in [1.807, 2.05) is 42.3 Å². The summed E-state index contributed by atoms with van der Waals surface area (Å²) in [5.41, 5.74) is 2.13. The van der Waals surface area contributed by atoms with Crippen LogP contribution in [0.4, 0.5) is 0 Å². The maximum absolute atomic E-state index is 13.3. The number of carbonyl (C=O) groups is 1. The van der Waals surface area contributed by atoms with Gasteiger partial charge in [0.15, 0.2) is 0 Å². The van der Waals surface area contributed by atoms with E-state index >= 15 is 0 Å². The number of likely N-dealkylation sites (tertiary alicyclic amines) is 1. The lowest BCUT2D eigenvalue weighted by molar-refractivity contribution is -0.150. The molecule has 0 spiro atoms. The number of carbonyl (C=O) groups excluding carboxylic acids is 1. The van der Waals surface area contributed by atoms with Gasteiger partial charge in [0, 0.05) is 30.5 Å². The Kier molecular flexibility index (Phi) is 3.04. The molecule has 5 bridgehead atoms. The summed E-state index contributed by atoms with van der Waals surface area (Å²) in [5, 5.41) is 8.65. The average Bonchev–Trinajstić information content (AvgIpc) is 3.26. The Hall–Kier alpha value is -2.67. The van der Waals surface area contributed by atoms with Gasteiger partial charge in [-0.15, -0.1) is 11.7 Å². The van der Waals surface area contributed by atoms with E-state index in [9.17, 15) is 4.79 Å². The lowest BCUT2D eigenvalue weighted by atomic mass is 9.61. The van der Waals surface area contributed by atoms with E-state index < -0.39 is 5.41 Å². The maximum Gasteiger partial charge on any atom is 0.233 e. The van der Waals surface area contributed by atoms with Crippen LogP contribution in [0.5, 0.6) is 0 Å². The average molecular weight is 378 g/mol. The van der Waals surface area contributed by atoms with Crippen molar-refractivity contribution in [2.75, 3.05) is 20.8 Å². The number of fused-ring (bicyclic) bond motifs is 3. The number of methoxy groups -OCH3 is 1. The summed E-state index contributed by atoms with van der Waals surface area (Å²) >= 11 is 0. The fourth-order valence-corrected chi connectivity index (χ4v) is 6.55. The maximum atomic E-state index is 13.3. The van der Waals surface area contributed by atoms with Crippen molar-refractivity contribution in [3.63, 3.8) is 0 Å². The molecule has 7 heteroatoms. The van der Waals surface area contributed by atoms with Crippen LogP contribution in [0.1, 0.15) is 6.42 Å². The Morgan fingerprint density at radius 3 is 3.04 bits per heavy atom. The van der Waals surface area contributed by atoms with Gasteiger partial charge >= 0.3 is 0 Å². The molecule has 28 heavy (non-hydrogen) atoms. The number of ether oxygens (including phenoxy) is 2. The van der Waals surface area contributed by atoms with E-state index in [2.05, 4.69) is 16.9 Å². The first-order valence-corrected chi connectivity index (χ1v) is 9.74. The first-order chi connectivity index (χ1) is 13.6. The molecule has 144 valence electrons. The predicted octanol–water partition coefficient (Wildman–Crippen LogP) is 1.92. The molecule has 3 heterocycles. The SMILES string of the molecule is C=C[C@]12C(=O)N(C)[C@@H]3[C@H]4CO[C@H](C[C@H]41)/C(=C(\OC)n1nnc4ccccc41)[C@@H]32. The van der Waals surface area contributed by atoms with Gasteiger partial charge in [-0.25, -0.2) is 0 Å². The molecular weight excluding hydrogens is 356 g/mol. The molecule has 1 amide bonds. The second-order valence-electron chi connectivity index (χ2n) is 8.30. The molecule has 2 aliphatic heterocycles. The minimum atomic E-state index is -0.570. The van der Waals surface area contributed by atoms with Gasteiger partial charge in [0.05, 0.1) is 30.8 Å². The molecule has 2 saturated carbocycles. The summed E-state index contributed by atoms with van der Waals surface area (Å²) in [6, 6.07) is 7.91. The number of hydrogen-bond donors (Lipinski definition) is 0. The van der Waals surface area contributed by atoms with E-state index in [4.69, 9.17) is 9.47 Å². The topological polar surface area (TPSA) is 69.5 Å². The van der Waals surface area contributed by atoms with Gasteiger partial charge in [-0.3, -0.25) is 4.79 Å². The molecule has 2 aliphatic carbocycles. The van der Waals surface area contributed by atoms with Crippen LogP contribution >= 0.6 is 0 Å². The lowest BCUT2D eigenvalue weighted by Gasteiger charge is -2.48. The highest BCUT2D eigenvalue weighted by Gasteiger charge is 2.75.